The van der Waals surface area contributed by atoms with Gasteiger partial charge in [0.15, 0.2) is 0 Å². The molecule has 2 heterocycles. The van der Waals surface area contributed by atoms with E-state index in [2.05, 4.69) is 9.97 Å². The standard InChI is InChI=1S/C17H25N3O3/c1-22-16-17(19-9-8-18-16)23-14-7-10-20(12-14)15(21)11-13-5-3-2-4-6-13/h8-9,13-14H,2-7,10-12H2,1H3/t14-/m0/s1. The zero-order valence-electron chi connectivity index (χ0n) is 13.7. The molecule has 0 spiro atoms. The van der Waals surface area contributed by atoms with Gasteiger partial charge in [-0.25, -0.2) is 9.97 Å². The van der Waals surface area contributed by atoms with Crippen LogP contribution >= 0.6 is 0 Å². The van der Waals surface area contributed by atoms with Crippen LogP contribution in [0.3, 0.4) is 0 Å². The molecule has 1 aliphatic carbocycles. The number of likely N-dealkylation sites (tertiary alicyclic amines) is 1. The highest BCUT2D eigenvalue weighted by Crippen LogP contribution is 2.28. The number of carbonyl (C=O) groups excluding carboxylic acids is 1. The number of nitrogens with zero attached hydrogens (tertiary/aromatic N) is 3. The molecule has 126 valence electrons. The van der Waals surface area contributed by atoms with Crippen LogP contribution in [0.15, 0.2) is 12.4 Å². The second-order valence-electron chi connectivity index (χ2n) is 6.45. The smallest absolute Gasteiger partial charge is 0.278 e. The van der Waals surface area contributed by atoms with Gasteiger partial charge in [-0.3, -0.25) is 4.79 Å². The molecule has 1 aromatic heterocycles. The number of carbonyl (C=O) groups is 1. The van der Waals surface area contributed by atoms with Crippen LogP contribution in [0.2, 0.25) is 0 Å². The molecule has 0 radical (unpaired) electrons. The van der Waals surface area contributed by atoms with Gasteiger partial charge < -0.3 is 14.4 Å². The van der Waals surface area contributed by atoms with Crippen LogP contribution < -0.4 is 9.47 Å². The summed E-state index contributed by atoms with van der Waals surface area (Å²) in [5.74, 6) is 1.64. The van der Waals surface area contributed by atoms with Crippen LogP contribution in [-0.2, 0) is 4.79 Å². The monoisotopic (exact) mass is 319 g/mol. The van der Waals surface area contributed by atoms with Gasteiger partial charge in [-0.2, -0.15) is 0 Å². The van der Waals surface area contributed by atoms with E-state index in [0.29, 0.717) is 30.6 Å². The maximum absolute atomic E-state index is 12.5. The molecule has 1 amide bonds. The number of amides is 1. The fourth-order valence-corrected chi connectivity index (χ4v) is 3.51. The summed E-state index contributed by atoms with van der Waals surface area (Å²) in [6.07, 6.45) is 10.9. The highest BCUT2D eigenvalue weighted by atomic mass is 16.5. The van der Waals surface area contributed by atoms with E-state index in [-0.39, 0.29) is 12.0 Å². The fraction of sp³-hybridized carbons (Fsp3) is 0.706. The van der Waals surface area contributed by atoms with Crippen molar-refractivity contribution in [2.75, 3.05) is 20.2 Å². The average Bonchev–Trinajstić information content (AvgIpc) is 3.05. The molecule has 1 aromatic rings. The lowest BCUT2D eigenvalue weighted by Gasteiger charge is -2.24. The third-order valence-electron chi connectivity index (χ3n) is 4.79. The molecule has 0 N–H and O–H groups in total. The molecule has 1 saturated heterocycles. The van der Waals surface area contributed by atoms with E-state index in [1.165, 1.54) is 32.1 Å². The van der Waals surface area contributed by atoms with Gasteiger partial charge in [0, 0.05) is 31.8 Å². The minimum atomic E-state index is -0.0316. The number of hydrogen-bond acceptors (Lipinski definition) is 5. The number of aromatic nitrogens is 2. The second kappa shape index (κ2) is 7.62. The maximum Gasteiger partial charge on any atom is 0.278 e. The van der Waals surface area contributed by atoms with Crippen LogP contribution in [0.1, 0.15) is 44.9 Å². The molecule has 0 bridgehead atoms. The van der Waals surface area contributed by atoms with E-state index in [0.717, 1.165) is 13.0 Å². The van der Waals surface area contributed by atoms with Crippen LogP contribution in [0.4, 0.5) is 0 Å². The zero-order chi connectivity index (χ0) is 16.1. The summed E-state index contributed by atoms with van der Waals surface area (Å²) >= 11 is 0. The van der Waals surface area contributed by atoms with Crippen molar-refractivity contribution in [3.63, 3.8) is 0 Å². The van der Waals surface area contributed by atoms with E-state index in [4.69, 9.17) is 9.47 Å². The first kappa shape index (κ1) is 16.0. The summed E-state index contributed by atoms with van der Waals surface area (Å²) in [7, 11) is 1.55. The molecule has 1 aliphatic heterocycles. The lowest BCUT2D eigenvalue weighted by Crippen LogP contribution is -2.32. The Balaban J connectivity index is 1.50. The van der Waals surface area contributed by atoms with Crippen molar-refractivity contribution in [1.82, 2.24) is 14.9 Å². The molecule has 3 rings (SSSR count). The fourth-order valence-electron chi connectivity index (χ4n) is 3.51. The second-order valence-corrected chi connectivity index (χ2v) is 6.45. The van der Waals surface area contributed by atoms with Gasteiger partial charge in [0.1, 0.15) is 6.10 Å². The molecule has 2 fully saturated rings. The van der Waals surface area contributed by atoms with Gasteiger partial charge in [-0.05, 0) is 18.8 Å². The first-order valence-corrected chi connectivity index (χ1v) is 8.55. The Morgan fingerprint density at radius 2 is 1.91 bits per heavy atom. The number of ether oxygens (including phenoxy) is 2. The molecule has 1 saturated carbocycles. The van der Waals surface area contributed by atoms with Crippen molar-refractivity contribution in [2.45, 2.75) is 51.0 Å². The number of methoxy groups -OCH3 is 1. The van der Waals surface area contributed by atoms with E-state index in [9.17, 15) is 4.79 Å². The van der Waals surface area contributed by atoms with Gasteiger partial charge >= 0.3 is 0 Å². The van der Waals surface area contributed by atoms with Gasteiger partial charge in [0.2, 0.25) is 5.91 Å². The quantitative estimate of drug-likeness (QED) is 0.834. The molecule has 6 nitrogen and oxygen atoms in total. The van der Waals surface area contributed by atoms with Crippen molar-refractivity contribution in [1.29, 1.82) is 0 Å². The minimum Gasteiger partial charge on any atom is -0.477 e. The summed E-state index contributed by atoms with van der Waals surface area (Å²) in [6, 6.07) is 0. The maximum atomic E-state index is 12.5. The van der Waals surface area contributed by atoms with Crippen LogP contribution in [0.25, 0.3) is 0 Å². The summed E-state index contributed by atoms with van der Waals surface area (Å²) in [5.41, 5.74) is 0. The summed E-state index contributed by atoms with van der Waals surface area (Å²) in [5, 5.41) is 0. The molecular formula is C17H25N3O3. The van der Waals surface area contributed by atoms with Gasteiger partial charge in [-0.15, -0.1) is 0 Å². The number of rotatable bonds is 5. The van der Waals surface area contributed by atoms with Crippen LogP contribution in [-0.4, -0.2) is 47.1 Å². The molecule has 6 heteroatoms. The van der Waals surface area contributed by atoms with Crippen molar-refractivity contribution in [3.8, 4) is 11.8 Å². The highest BCUT2D eigenvalue weighted by Gasteiger charge is 2.30. The van der Waals surface area contributed by atoms with Gasteiger partial charge in [0.05, 0.1) is 13.7 Å². The van der Waals surface area contributed by atoms with Crippen molar-refractivity contribution >= 4 is 5.91 Å². The van der Waals surface area contributed by atoms with E-state index in [1.54, 1.807) is 19.5 Å². The minimum absolute atomic E-state index is 0.0316. The summed E-state index contributed by atoms with van der Waals surface area (Å²) < 4.78 is 11.0. The topological polar surface area (TPSA) is 64.6 Å². The Labute approximate surface area is 137 Å². The first-order valence-electron chi connectivity index (χ1n) is 8.55. The van der Waals surface area contributed by atoms with Crippen molar-refractivity contribution < 1.29 is 14.3 Å². The zero-order valence-corrected chi connectivity index (χ0v) is 13.7. The van der Waals surface area contributed by atoms with E-state index < -0.39 is 0 Å². The molecule has 23 heavy (non-hydrogen) atoms. The number of hydrogen-bond donors (Lipinski definition) is 0. The van der Waals surface area contributed by atoms with Crippen LogP contribution in [0.5, 0.6) is 11.8 Å². The molecule has 2 aliphatic rings. The van der Waals surface area contributed by atoms with Gasteiger partial charge in [0.25, 0.3) is 11.8 Å². The lowest BCUT2D eigenvalue weighted by atomic mass is 9.87. The first-order chi connectivity index (χ1) is 11.3. The Kier molecular flexibility index (Phi) is 5.31. The van der Waals surface area contributed by atoms with Crippen molar-refractivity contribution in [3.05, 3.63) is 12.4 Å². The van der Waals surface area contributed by atoms with E-state index in [1.807, 2.05) is 4.90 Å². The van der Waals surface area contributed by atoms with E-state index >= 15 is 0 Å². The largest absolute Gasteiger partial charge is 0.477 e. The van der Waals surface area contributed by atoms with Crippen molar-refractivity contribution in [2.24, 2.45) is 5.92 Å². The van der Waals surface area contributed by atoms with Crippen LogP contribution in [0, 0.1) is 5.92 Å². The Bertz CT molecular complexity index is 532. The molecular weight excluding hydrogens is 294 g/mol. The predicted molar refractivity (Wildman–Crippen MR) is 85.4 cm³/mol. The predicted octanol–water partition coefficient (Wildman–Crippen LogP) is 2.44. The normalized spacial score (nSPS) is 22.1. The Morgan fingerprint density at radius 1 is 1.17 bits per heavy atom. The average molecular weight is 319 g/mol. The summed E-state index contributed by atoms with van der Waals surface area (Å²) in [6.45, 7) is 1.39. The molecule has 1 atom stereocenters. The van der Waals surface area contributed by atoms with Gasteiger partial charge in [-0.1, -0.05) is 19.3 Å². The molecule has 0 unspecified atom stereocenters. The molecule has 0 aromatic carbocycles. The SMILES string of the molecule is COc1nccnc1O[C@H]1CCN(C(=O)CC2CCCCC2)C1. The third-order valence-corrected chi connectivity index (χ3v) is 4.79. The third kappa shape index (κ3) is 4.12. The Morgan fingerprint density at radius 3 is 2.65 bits per heavy atom. The Hall–Kier alpha value is -1.85. The summed E-state index contributed by atoms with van der Waals surface area (Å²) in [4.78, 5) is 22.6. The highest BCUT2D eigenvalue weighted by molar-refractivity contribution is 5.76. The lowest BCUT2D eigenvalue weighted by molar-refractivity contribution is -0.131.